The highest BCUT2D eigenvalue weighted by Crippen LogP contribution is 2.31. The number of rotatable bonds is 8. The summed E-state index contributed by atoms with van der Waals surface area (Å²) in [5, 5.41) is 1.96. The van der Waals surface area contributed by atoms with Crippen molar-refractivity contribution in [3.63, 3.8) is 0 Å². The summed E-state index contributed by atoms with van der Waals surface area (Å²) in [5.41, 5.74) is 1.99. The van der Waals surface area contributed by atoms with Crippen molar-refractivity contribution in [2.75, 3.05) is 4.90 Å². The molecule has 0 saturated carbocycles. The van der Waals surface area contributed by atoms with Gasteiger partial charge in [-0.3, -0.25) is 9.69 Å². The Hall–Kier alpha value is -4.04. The van der Waals surface area contributed by atoms with Crippen LogP contribution in [0.25, 0.3) is 0 Å². The van der Waals surface area contributed by atoms with Gasteiger partial charge >= 0.3 is 5.97 Å². The zero-order chi connectivity index (χ0) is 23.9. The molecule has 1 aromatic heterocycles. The molecule has 6 nitrogen and oxygen atoms in total. The third-order valence-corrected chi connectivity index (χ3v) is 5.70. The van der Waals surface area contributed by atoms with E-state index in [-0.39, 0.29) is 18.2 Å². The summed E-state index contributed by atoms with van der Waals surface area (Å²) >= 11 is 1.16. The summed E-state index contributed by atoms with van der Waals surface area (Å²) in [6.45, 7) is 1.69. The molecular formula is C26H21FN2O4S. The monoisotopic (exact) mass is 476 g/mol. The Morgan fingerprint density at radius 3 is 2.35 bits per heavy atom. The van der Waals surface area contributed by atoms with Crippen LogP contribution < -0.4 is 9.64 Å². The molecule has 0 aliphatic heterocycles. The molecule has 1 heterocycles. The van der Waals surface area contributed by atoms with E-state index in [0.717, 1.165) is 16.9 Å². The summed E-state index contributed by atoms with van der Waals surface area (Å²) in [6.07, 6.45) is 0. The topological polar surface area (TPSA) is 68.7 Å². The Morgan fingerprint density at radius 1 is 0.941 bits per heavy atom. The van der Waals surface area contributed by atoms with Crippen molar-refractivity contribution in [2.45, 2.75) is 20.1 Å². The molecule has 172 valence electrons. The van der Waals surface area contributed by atoms with Crippen molar-refractivity contribution in [1.29, 1.82) is 0 Å². The highest BCUT2D eigenvalue weighted by Gasteiger charge is 2.21. The van der Waals surface area contributed by atoms with Gasteiger partial charge in [0.1, 0.15) is 24.8 Å². The normalized spacial score (nSPS) is 10.5. The fourth-order valence-corrected chi connectivity index (χ4v) is 4.02. The zero-order valence-electron chi connectivity index (χ0n) is 18.3. The van der Waals surface area contributed by atoms with Gasteiger partial charge in [-0.15, -0.1) is 11.3 Å². The van der Waals surface area contributed by atoms with E-state index in [1.54, 1.807) is 41.8 Å². The quantitative estimate of drug-likeness (QED) is 0.296. The molecule has 1 amide bonds. The predicted octanol–water partition coefficient (Wildman–Crippen LogP) is 5.90. The van der Waals surface area contributed by atoms with E-state index in [4.69, 9.17) is 9.47 Å². The van der Waals surface area contributed by atoms with E-state index in [2.05, 4.69) is 4.98 Å². The number of aromatic nitrogens is 1. The van der Waals surface area contributed by atoms with Crippen molar-refractivity contribution in [3.05, 3.63) is 107 Å². The van der Waals surface area contributed by atoms with Gasteiger partial charge in [0, 0.05) is 12.3 Å². The molecule has 0 bridgehead atoms. The van der Waals surface area contributed by atoms with Crippen LogP contribution in [-0.4, -0.2) is 16.9 Å². The molecule has 34 heavy (non-hydrogen) atoms. The first-order valence-electron chi connectivity index (χ1n) is 10.4. The van der Waals surface area contributed by atoms with Crippen molar-refractivity contribution < 1.29 is 23.5 Å². The summed E-state index contributed by atoms with van der Waals surface area (Å²) < 4.78 is 25.3. The molecule has 8 heteroatoms. The van der Waals surface area contributed by atoms with Gasteiger partial charge in [0.2, 0.25) is 5.91 Å². The SMILES string of the molecule is CC(=O)N(c1nc(COC(=O)c2ccc(OCc3ccccc3)cc2)cs1)c1ccccc1F. The highest BCUT2D eigenvalue weighted by molar-refractivity contribution is 7.14. The van der Waals surface area contributed by atoms with E-state index in [9.17, 15) is 14.0 Å². The molecule has 0 unspecified atom stereocenters. The Kier molecular flexibility index (Phi) is 7.29. The lowest BCUT2D eigenvalue weighted by atomic mass is 10.2. The Labute approximate surface area is 200 Å². The van der Waals surface area contributed by atoms with Gasteiger partial charge in [-0.1, -0.05) is 42.5 Å². The van der Waals surface area contributed by atoms with Crippen molar-refractivity contribution in [2.24, 2.45) is 0 Å². The predicted molar refractivity (Wildman–Crippen MR) is 128 cm³/mol. The number of nitrogens with zero attached hydrogens (tertiary/aromatic N) is 2. The molecule has 4 aromatic rings. The van der Waals surface area contributed by atoms with Gasteiger partial charge in [-0.2, -0.15) is 0 Å². The van der Waals surface area contributed by atoms with Crippen LogP contribution in [0.5, 0.6) is 5.75 Å². The summed E-state index contributed by atoms with van der Waals surface area (Å²) in [6, 6.07) is 22.4. The van der Waals surface area contributed by atoms with E-state index in [1.165, 1.54) is 24.0 Å². The maximum Gasteiger partial charge on any atom is 0.338 e. The Morgan fingerprint density at radius 2 is 1.65 bits per heavy atom. The van der Waals surface area contributed by atoms with Crippen LogP contribution in [0.4, 0.5) is 15.2 Å². The average Bonchev–Trinajstić information content (AvgIpc) is 3.32. The molecule has 0 fully saturated rings. The fraction of sp³-hybridized carbons (Fsp3) is 0.115. The second kappa shape index (κ2) is 10.7. The maximum atomic E-state index is 14.2. The number of thiazole rings is 1. The number of anilines is 2. The summed E-state index contributed by atoms with van der Waals surface area (Å²) in [5.74, 6) is -0.779. The molecule has 0 atom stereocenters. The molecule has 0 aliphatic carbocycles. The fourth-order valence-electron chi connectivity index (χ4n) is 3.16. The molecule has 0 radical (unpaired) electrons. The molecular weight excluding hydrogens is 455 g/mol. The minimum absolute atomic E-state index is 0.0788. The van der Waals surface area contributed by atoms with Crippen LogP contribution in [0.1, 0.15) is 28.5 Å². The van der Waals surface area contributed by atoms with Gasteiger partial charge < -0.3 is 9.47 Å². The average molecular weight is 477 g/mol. The molecule has 0 aliphatic rings. The Balaban J connectivity index is 1.35. The van der Waals surface area contributed by atoms with Crippen molar-refractivity contribution in [1.82, 2.24) is 4.98 Å². The van der Waals surface area contributed by atoms with Crippen LogP contribution in [0.2, 0.25) is 0 Å². The van der Waals surface area contributed by atoms with Crippen molar-refractivity contribution >= 4 is 34.0 Å². The zero-order valence-corrected chi connectivity index (χ0v) is 19.1. The van der Waals surface area contributed by atoms with Crippen LogP contribution in [0, 0.1) is 5.82 Å². The lowest BCUT2D eigenvalue weighted by Crippen LogP contribution is -2.23. The van der Waals surface area contributed by atoms with E-state index >= 15 is 0 Å². The number of benzene rings is 3. The number of esters is 1. The Bertz CT molecular complexity index is 1280. The molecule has 0 N–H and O–H groups in total. The second-order valence-electron chi connectivity index (χ2n) is 7.30. The van der Waals surface area contributed by atoms with Crippen molar-refractivity contribution in [3.8, 4) is 5.75 Å². The number of halogens is 1. The number of ether oxygens (including phenoxy) is 2. The van der Waals surface area contributed by atoms with E-state index in [0.29, 0.717) is 28.7 Å². The smallest absolute Gasteiger partial charge is 0.338 e. The first-order valence-corrected chi connectivity index (χ1v) is 11.3. The standard InChI is InChI=1S/C26H21FN2O4S/c1-18(30)29(24-10-6-5-9-23(24)27)26-28-21(17-34-26)16-33-25(31)20-11-13-22(14-12-20)32-15-19-7-3-2-4-8-19/h2-14,17H,15-16H2,1H3. The van der Waals surface area contributed by atoms with Crippen LogP contribution in [0.3, 0.4) is 0 Å². The van der Waals surface area contributed by atoms with Crippen LogP contribution in [0.15, 0.2) is 84.2 Å². The molecule has 3 aromatic carbocycles. The minimum Gasteiger partial charge on any atom is -0.489 e. The lowest BCUT2D eigenvalue weighted by molar-refractivity contribution is -0.115. The molecule has 0 spiro atoms. The largest absolute Gasteiger partial charge is 0.489 e. The number of carbonyl (C=O) groups is 2. The third kappa shape index (κ3) is 5.65. The summed E-state index contributed by atoms with van der Waals surface area (Å²) in [7, 11) is 0. The number of para-hydroxylation sites is 1. The van der Waals surface area contributed by atoms with E-state index in [1.807, 2.05) is 30.3 Å². The van der Waals surface area contributed by atoms with Gasteiger partial charge in [0.15, 0.2) is 5.13 Å². The first kappa shape index (κ1) is 23.1. The summed E-state index contributed by atoms with van der Waals surface area (Å²) in [4.78, 5) is 30.1. The number of hydrogen-bond donors (Lipinski definition) is 0. The third-order valence-electron chi connectivity index (χ3n) is 4.83. The van der Waals surface area contributed by atoms with E-state index < -0.39 is 11.8 Å². The highest BCUT2D eigenvalue weighted by atomic mass is 32.1. The lowest BCUT2D eigenvalue weighted by Gasteiger charge is -2.18. The van der Waals surface area contributed by atoms with Gasteiger partial charge in [0.05, 0.1) is 16.9 Å². The number of amides is 1. The van der Waals surface area contributed by atoms with Gasteiger partial charge in [-0.25, -0.2) is 14.2 Å². The van der Waals surface area contributed by atoms with Gasteiger partial charge in [-0.05, 0) is 42.0 Å². The van der Waals surface area contributed by atoms with Gasteiger partial charge in [0.25, 0.3) is 0 Å². The first-order chi connectivity index (χ1) is 16.5. The molecule has 0 saturated heterocycles. The van der Waals surface area contributed by atoms with Crippen LogP contribution >= 0.6 is 11.3 Å². The molecule has 4 rings (SSSR count). The second-order valence-corrected chi connectivity index (χ2v) is 8.14. The van der Waals surface area contributed by atoms with Crippen LogP contribution in [-0.2, 0) is 22.7 Å². The number of hydrogen-bond acceptors (Lipinski definition) is 6. The maximum absolute atomic E-state index is 14.2. The minimum atomic E-state index is -0.530. The number of carbonyl (C=O) groups excluding carboxylic acids is 2.